The van der Waals surface area contributed by atoms with E-state index in [-0.39, 0.29) is 11.9 Å². The van der Waals surface area contributed by atoms with Gasteiger partial charge in [0.1, 0.15) is 5.54 Å². The van der Waals surface area contributed by atoms with Gasteiger partial charge in [0, 0.05) is 5.69 Å². The van der Waals surface area contributed by atoms with Gasteiger partial charge in [0.25, 0.3) is 0 Å². The molecule has 1 saturated carbocycles. The lowest BCUT2D eigenvalue weighted by atomic mass is 9.81. The van der Waals surface area contributed by atoms with Gasteiger partial charge in [-0.3, -0.25) is 4.79 Å². The van der Waals surface area contributed by atoms with E-state index >= 15 is 0 Å². The van der Waals surface area contributed by atoms with Crippen molar-refractivity contribution < 1.29 is 14.3 Å². The number of carbonyl (C=O) groups excluding carboxylic acids is 2. The summed E-state index contributed by atoms with van der Waals surface area (Å²) in [5, 5.41) is 3.25. The van der Waals surface area contributed by atoms with Crippen LogP contribution in [0.3, 0.4) is 0 Å². The Kier molecular flexibility index (Phi) is 4.27. The molecule has 0 heterocycles. The highest BCUT2D eigenvalue weighted by Crippen LogP contribution is 2.31. The zero-order chi connectivity index (χ0) is 14.6. The van der Waals surface area contributed by atoms with Crippen molar-refractivity contribution in [1.29, 1.82) is 0 Å². The minimum Gasteiger partial charge on any atom is -0.465 e. The maximum Gasteiger partial charge on any atom is 0.337 e. The van der Waals surface area contributed by atoms with Crippen LogP contribution in [0.25, 0.3) is 0 Å². The number of benzene rings is 1. The van der Waals surface area contributed by atoms with E-state index in [2.05, 4.69) is 10.1 Å². The monoisotopic (exact) mass is 276 g/mol. The van der Waals surface area contributed by atoms with Gasteiger partial charge < -0.3 is 15.8 Å². The lowest BCUT2D eigenvalue weighted by Crippen LogP contribution is -2.51. The molecule has 1 aromatic rings. The number of nitrogens with two attached hydrogens (primary N) is 1. The minimum absolute atomic E-state index is 0.311. The summed E-state index contributed by atoms with van der Waals surface area (Å²) in [6.07, 6.45) is 4.63. The maximum absolute atomic E-state index is 11.8. The Labute approximate surface area is 118 Å². The Morgan fingerprint density at radius 2 is 1.75 bits per heavy atom. The van der Waals surface area contributed by atoms with Crippen LogP contribution in [-0.2, 0) is 9.53 Å². The Bertz CT molecular complexity index is 490. The normalized spacial score (nSPS) is 17.2. The summed E-state index contributed by atoms with van der Waals surface area (Å²) in [5.74, 6) is -0.687. The number of hydrogen-bond donors (Lipinski definition) is 2. The molecule has 0 radical (unpaired) electrons. The Morgan fingerprint density at radius 1 is 1.15 bits per heavy atom. The zero-order valence-electron chi connectivity index (χ0n) is 11.6. The summed E-state index contributed by atoms with van der Waals surface area (Å²) in [6, 6.07) is 6.88. The van der Waals surface area contributed by atoms with Crippen LogP contribution >= 0.6 is 0 Å². The van der Waals surface area contributed by atoms with E-state index in [0.717, 1.165) is 37.8 Å². The molecule has 1 fully saturated rings. The third-order valence-corrected chi connectivity index (χ3v) is 3.87. The van der Waals surface area contributed by atoms with Crippen molar-refractivity contribution in [3.63, 3.8) is 0 Å². The standard InChI is InChI=1S/C15H20N2O3/c1-20-13(18)11-5-7-12(8-6-11)17-15(14(16)19)9-3-2-4-10-15/h5-8,17H,2-4,9-10H2,1H3,(H2,16,19). The van der Waals surface area contributed by atoms with Crippen LogP contribution in [-0.4, -0.2) is 24.5 Å². The molecule has 1 aliphatic rings. The Hall–Kier alpha value is -2.04. The molecule has 0 unspecified atom stereocenters. The van der Waals surface area contributed by atoms with Gasteiger partial charge in [-0.1, -0.05) is 19.3 Å². The van der Waals surface area contributed by atoms with E-state index in [0.29, 0.717) is 5.56 Å². The largest absolute Gasteiger partial charge is 0.465 e. The SMILES string of the molecule is COC(=O)c1ccc(NC2(C(N)=O)CCCCC2)cc1. The average Bonchev–Trinajstić information content (AvgIpc) is 2.48. The predicted molar refractivity (Wildman–Crippen MR) is 76.4 cm³/mol. The van der Waals surface area contributed by atoms with E-state index in [1.54, 1.807) is 24.3 Å². The summed E-state index contributed by atoms with van der Waals surface area (Å²) in [5.41, 5.74) is 6.18. The third-order valence-electron chi connectivity index (χ3n) is 3.87. The molecular weight excluding hydrogens is 256 g/mol. The fourth-order valence-corrected chi connectivity index (χ4v) is 2.67. The predicted octanol–water partition coefficient (Wildman–Crippen LogP) is 2.07. The second-order valence-corrected chi connectivity index (χ2v) is 5.20. The van der Waals surface area contributed by atoms with Crippen molar-refractivity contribution in [2.45, 2.75) is 37.6 Å². The van der Waals surface area contributed by atoms with Crippen molar-refractivity contribution in [3.8, 4) is 0 Å². The molecule has 1 aromatic carbocycles. The van der Waals surface area contributed by atoms with Crippen LogP contribution in [0.2, 0.25) is 0 Å². The van der Waals surface area contributed by atoms with Crippen molar-refractivity contribution in [2.75, 3.05) is 12.4 Å². The first-order valence-electron chi connectivity index (χ1n) is 6.84. The number of methoxy groups -OCH3 is 1. The number of carbonyl (C=O) groups is 2. The number of hydrogen-bond acceptors (Lipinski definition) is 4. The van der Waals surface area contributed by atoms with Gasteiger partial charge in [-0.05, 0) is 37.1 Å². The summed E-state index contributed by atoms with van der Waals surface area (Å²) < 4.78 is 4.65. The molecule has 0 aromatic heterocycles. The first-order chi connectivity index (χ1) is 9.57. The molecule has 1 aliphatic carbocycles. The lowest BCUT2D eigenvalue weighted by molar-refractivity contribution is -0.123. The van der Waals surface area contributed by atoms with Crippen molar-refractivity contribution in [3.05, 3.63) is 29.8 Å². The molecule has 20 heavy (non-hydrogen) atoms. The van der Waals surface area contributed by atoms with Crippen molar-refractivity contribution in [2.24, 2.45) is 5.73 Å². The topological polar surface area (TPSA) is 81.4 Å². The number of esters is 1. The van der Waals surface area contributed by atoms with E-state index in [9.17, 15) is 9.59 Å². The van der Waals surface area contributed by atoms with Crippen LogP contribution in [0.5, 0.6) is 0 Å². The molecule has 0 bridgehead atoms. The van der Waals surface area contributed by atoms with Crippen LogP contribution in [0.4, 0.5) is 5.69 Å². The van der Waals surface area contributed by atoms with Gasteiger partial charge in [-0.2, -0.15) is 0 Å². The van der Waals surface area contributed by atoms with E-state index in [1.165, 1.54) is 7.11 Å². The highest BCUT2D eigenvalue weighted by atomic mass is 16.5. The number of nitrogens with one attached hydrogen (secondary N) is 1. The average molecular weight is 276 g/mol. The summed E-state index contributed by atoms with van der Waals surface area (Å²) in [6.45, 7) is 0. The Balaban J connectivity index is 2.15. The zero-order valence-corrected chi connectivity index (χ0v) is 11.6. The number of amides is 1. The van der Waals surface area contributed by atoms with Crippen LogP contribution in [0.15, 0.2) is 24.3 Å². The second-order valence-electron chi connectivity index (χ2n) is 5.20. The first kappa shape index (κ1) is 14.4. The molecule has 0 aliphatic heterocycles. The van der Waals surface area contributed by atoms with Crippen LogP contribution in [0, 0.1) is 0 Å². The van der Waals surface area contributed by atoms with Crippen molar-refractivity contribution >= 4 is 17.6 Å². The molecule has 2 rings (SSSR count). The van der Waals surface area contributed by atoms with E-state index in [1.807, 2.05) is 0 Å². The van der Waals surface area contributed by atoms with Gasteiger partial charge in [-0.15, -0.1) is 0 Å². The quantitative estimate of drug-likeness (QED) is 0.825. The summed E-state index contributed by atoms with van der Waals surface area (Å²) in [7, 11) is 1.35. The smallest absolute Gasteiger partial charge is 0.337 e. The second kappa shape index (κ2) is 5.94. The third kappa shape index (κ3) is 2.92. The molecule has 3 N–H and O–H groups in total. The van der Waals surface area contributed by atoms with Crippen LogP contribution in [0.1, 0.15) is 42.5 Å². The highest BCUT2D eigenvalue weighted by Gasteiger charge is 2.37. The molecule has 0 spiro atoms. The van der Waals surface area contributed by atoms with Gasteiger partial charge in [0.2, 0.25) is 5.91 Å². The Morgan fingerprint density at radius 3 is 2.25 bits per heavy atom. The maximum atomic E-state index is 11.8. The van der Waals surface area contributed by atoms with Gasteiger partial charge in [0.05, 0.1) is 12.7 Å². The van der Waals surface area contributed by atoms with E-state index < -0.39 is 5.54 Å². The van der Waals surface area contributed by atoms with Gasteiger partial charge in [-0.25, -0.2) is 4.79 Å². The molecule has 1 amide bonds. The molecular formula is C15H20N2O3. The summed E-state index contributed by atoms with van der Waals surface area (Å²) in [4.78, 5) is 23.2. The minimum atomic E-state index is -0.662. The molecule has 0 saturated heterocycles. The first-order valence-corrected chi connectivity index (χ1v) is 6.84. The highest BCUT2D eigenvalue weighted by molar-refractivity contribution is 5.90. The molecule has 5 nitrogen and oxygen atoms in total. The van der Waals surface area contributed by atoms with Crippen molar-refractivity contribution in [1.82, 2.24) is 0 Å². The molecule has 5 heteroatoms. The number of rotatable bonds is 4. The molecule has 0 atom stereocenters. The summed E-state index contributed by atoms with van der Waals surface area (Å²) >= 11 is 0. The van der Waals surface area contributed by atoms with Gasteiger partial charge in [0.15, 0.2) is 0 Å². The lowest BCUT2D eigenvalue weighted by Gasteiger charge is -2.36. The number of anilines is 1. The number of primary amides is 1. The fourth-order valence-electron chi connectivity index (χ4n) is 2.67. The number of ether oxygens (including phenoxy) is 1. The van der Waals surface area contributed by atoms with E-state index in [4.69, 9.17) is 5.73 Å². The molecule has 108 valence electrons. The fraction of sp³-hybridized carbons (Fsp3) is 0.467. The van der Waals surface area contributed by atoms with Gasteiger partial charge >= 0.3 is 5.97 Å². The van der Waals surface area contributed by atoms with Crippen LogP contribution < -0.4 is 11.1 Å².